The standard InChI is InChI=1S/C16H27N3/c1-12(11-19-9-5-8-17-19)18-14-15(2,3)13-6-7-16(14,4)10-13/h5,8-9,12-14,18H,6-7,10-11H2,1-4H3/t12?,13-,14?,16+/m0/s1. The van der Waals surface area contributed by atoms with Crippen LogP contribution in [0.1, 0.15) is 47.0 Å². The SMILES string of the molecule is CC(Cn1cccn1)NC1C(C)(C)[C@H]2CC[C@]1(C)C2. The molecule has 2 aliphatic rings. The van der Waals surface area contributed by atoms with Crippen molar-refractivity contribution in [1.82, 2.24) is 15.1 Å². The highest BCUT2D eigenvalue weighted by atomic mass is 15.3. The van der Waals surface area contributed by atoms with Crippen LogP contribution in [0.15, 0.2) is 18.5 Å². The molecular weight excluding hydrogens is 234 g/mol. The maximum Gasteiger partial charge on any atom is 0.0560 e. The molecule has 0 amide bonds. The van der Waals surface area contributed by atoms with Gasteiger partial charge in [-0.3, -0.25) is 4.68 Å². The minimum atomic E-state index is 0.436. The number of hydrogen-bond acceptors (Lipinski definition) is 2. The lowest BCUT2D eigenvalue weighted by molar-refractivity contribution is 0.0975. The summed E-state index contributed by atoms with van der Waals surface area (Å²) in [4.78, 5) is 0. The third-order valence-corrected chi connectivity index (χ3v) is 5.74. The Morgan fingerprint density at radius 3 is 2.79 bits per heavy atom. The Morgan fingerprint density at radius 2 is 2.21 bits per heavy atom. The molecule has 19 heavy (non-hydrogen) atoms. The van der Waals surface area contributed by atoms with Gasteiger partial charge >= 0.3 is 0 Å². The molecule has 0 radical (unpaired) electrons. The molecule has 2 fully saturated rings. The van der Waals surface area contributed by atoms with Crippen LogP contribution in [0.2, 0.25) is 0 Å². The summed E-state index contributed by atoms with van der Waals surface area (Å²) in [5.41, 5.74) is 0.942. The van der Waals surface area contributed by atoms with E-state index < -0.39 is 0 Å². The maximum absolute atomic E-state index is 4.31. The fourth-order valence-corrected chi connectivity index (χ4v) is 4.74. The van der Waals surface area contributed by atoms with Gasteiger partial charge in [-0.15, -0.1) is 0 Å². The summed E-state index contributed by atoms with van der Waals surface area (Å²) in [5, 5.41) is 8.23. The lowest BCUT2D eigenvalue weighted by atomic mass is 9.68. The summed E-state index contributed by atoms with van der Waals surface area (Å²) in [5.74, 6) is 0.909. The van der Waals surface area contributed by atoms with Crippen molar-refractivity contribution >= 4 is 0 Å². The summed E-state index contributed by atoms with van der Waals surface area (Å²) < 4.78 is 2.03. The van der Waals surface area contributed by atoms with Crippen molar-refractivity contribution in [2.45, 2.75) is 65.6 Å². The highest BCUT2D eigenvalue weighted by Crippen LogP contribution is 2.62. The van der Waals surface area contributed by atoms with Crippen LogP contribution in [-0.2, 0) is 6.54 Å². The fourth-order valence-electron chi connectivity index (χ4n) is 4.74. The average Bonchev–Trinajstić information content (AvgIpc) is 2.98. The molecule has 1 heterocycles. The van der Waals surface area contributed by atoms with Gasteiger partial charge in [-0.25, -0.2) is 0 Å². The Balaban J connectivity index is 1.69. The molecule has 3 nitrogen and oxygen atoms in total. The Bertz CT molecular complexity index is 432. The van der Waals surface area contributed by atoms with Crippen LogP contribution in [0.5, 0.6) is 0 Å². The zero-order valence-electron chi connectivity index (χ0n) is 12.7. The van der Waals surface area contributed by atoms with E-state index in [1.807, 2.05) is 23.1 Å². The van der Waals surface area contributed by atoms with Gasteiger partial charge in [-0.05, 0) is 49.0 Å². The Hall–Kier alpha value is -0.830. The van der Waals surface area contributed by atoms with Gasteiger partial charge in [-0.1, -0.05) is 20.8 Å². The number of nitrogens with one attached hydrogen (secondary N) is 1. The van der Waals surface area contributed by atoms with Gasteiger partial charge in [0.1, 0.15) is 0 Å². The quantitative estimate of drug-likeness (QED) is 0.902. The van der Waals surface area contributed by atoms with Crippen molar-refractivity contribution in [3.8, 4) is 0 Å². The van der Waals surface area contributed by atoms with Crippen LogP contribution in [0.25, 0.3) is 0 Å². The maximum atomic E-state index is 4.31. The van der Waals surface area contributed by atoms with E-state index >= 15 is 0 Å². The van der Waals surface area contributed by atoms with Crippen molar-refractivity contribution in [3.63, 3.8) is 0 Å². The Kier molecular flexibility index (Phi) is 3.01. The monoisotopic (exact) mass is 261 g/mol. The highest BCUT2D eigenvalue weighted by molar-refractivity contribution is 5.12. The van der Waals surface area contributed by atoms with E-state index in [0.29, 0.717) is 22.9 Å². The van der Waals surface area contributed by atoms with Crippen molar-refractivity contribution in [2.75, 3.05) is 0 Å². The molecule has 0 spiro atoms. The molecule has 2 saturated carbocycles. The van der Waals surface area contributed by atoms with Gasteiger partial charge in [0.15, 0.2) is 0 Å². The Morgan fingerprint density at radius 1 is 1.42 bits per heavy atom. The highest BCUT2D eigenvalue weighted by Gasteiger charge is 2.59. The lowest BCUT2D eigenvalue weighted by Crippen LogP contribution is -2.53. The predicted molar refractivity (Wildman–Crippen MR) is 77.8 cm³/mol. The van der Waals surface area contributed by atoms with E-state index in [4.69, 9.17) is 0 Å². The molecule has 4 atom stereocenters. The van der Waals surface area contributed by atoms with Crippen LogP contribution in [-0.4, -0.2) is 21.9 Å². The third-order valence-electron chi connectivity index (χ3n) is 5.74. The first-order chi connectivity index (χ1) is 8.92. The molecule has 2 unspecified atom stereocenters. The molecule has 1 N–H and O–H groups in total. The van der Waals surface area contributed by atoms with E-state index in [9.17, 15) is 0 Å². The molecule has 0 saturated heterocycles. The first-order valence-electron chi connectivity index (χ1n) is 7.65. The summed E-state index contributed by atoms with van der Waals surface area (Å²) >= 11 is 0. The molecular formula is C16H27N3. The van der Waals surface area contributed by atoms with Crippen molar-refractivity contribution in [2.24, 2.45) is 16.7 Å². The van der Waals surface area contributed by atoms with E-state index in [-0.39, 0.29) is 0 Å². The number of fused-ring (bicyclic) bond motifs is 2. The summed E-state index contributed by atoms with van der Waals surface area (Å²) in [6.45, 7) is 10.6. The summed E-state index contributed by atoms with van der Waals surface area (Å²) in [6, 6.07) is 3.11. The number of hydrogen-bond donors (Lipinski definition) is 1. The first-order valence-corrected chi connectivity index (χ1v) is 7.65. The molecule has 2 aliphatic carbocycles. The molecule has 0 aliphatic heterocycles. The van der Waals surface area contributed by atoms with Gasteiger partial charge in [0, 0.05) is 24.5 Å². The molecule has 3 rings (SSSR count). The van der Waals surface area contributed by atoms with Gasteiger partial charge in [0.25, 0.3) is 0 Å². The second kappa shape index (κ2) is 4.34. The molecule has 106 valence electrons. The van der Waals surface area contributed by atoms with Crippen LogP contribution in [0.3, 0.4) is 0 Å². The molecule has 0 aromatic carbocycles. The van der Waals surface area contributed by atoms with Crippen molar-refractivity contribution in [1.29, 1.82) is 0 Å². The van der Waals surface area contributed by atoms with Gasteiger partial charge < -0.3 is 5.32 Å². The number of rotatable bonds is 4. The fraction of sp³-hybridized carbons (Fsp3) is 0.812. The van der Waals surface area contributed by atoms with Gasteiger partial charge in [0.05, 0.1) is 6.54 Å². The normalized spacial score (nSPS) is 37.7. The van der Waals surface area contributed by atoms with E-state index in [1.165, 1.54) is 19.3 Å². The zero-order valence-corrected chi connectivity index (χ0v) is 12.7. The minimum absolute atomic E-state index is 0.436. The van der Waals surface area contributed by atoms with Crippen LogP contribution < -0.4 is 5.32 Å². The topological polar surface area (TPSA) is 29.9 Å². The average molecular weight is 261 g/mol. The minimum Gasteiger partial charge on any atom is -0.309 e. The summed E-state index contributed by atoms with van der Waals surface area (Å²) in [6.07, 6.45) is 8.13. The predicted octanol–water partition coefficient (Wildman–Crippen LogP) is 3.08. The van der Waals surface area contributed by atoms with E-state index in [2.05, 4.69) is 38.1 Å². The third kappa shape index (κ3) is 2.12. The molecule has 3 heteroatoms. The van der Waals surface area contributed by atoms with E-state index in [0.717, 1.165) is 12.5 Å². The second-order valence-electron chi connectivity index (χ2n) is 7.64. The van der Waals surface area contributed by atoms with Crippen molar-refractivity contribution < 1.29 is 0 Å². The smallest absolute Gasteiger partial charge is 0.0560 e. The Labute approximate surface area is 116 Å². The lowest BCUT2D eigenvalue weighted by Gasteiger charge is -2.44. The van der Waals surface area contributed by atoms with Crippen molar-refractivity contribution in [3.05, 3.63) is 18.5 Å². The van der Waals surface area contributed by atoms with Crippen LogP contribution in [0.4, 0.5) is 0 Å². The zero-order chi connectivity index (χ0) is 13.7. The van der Waals surface area contributed by atoms with E-state index in [1.54, 1.807) is 0 Å². The second-order valence-corrected chi connectivity index (χ2v) is 7.64. The molecule has 1 aromatic rings. The summed E-state index contributed by atoms with van der Waals surface area (Å²) in [7, 11) is 0. The van der Waals surface area contributed by atoms with Crippen LogP contribution >= 0.6 is 0 Å². The number of nitrogens with zero attached hydrogens (tertiary/aromatic N) is 2. The molecule has 1 aromatic heterocycles. The molecule has 2 bridgehead atoms. The largest absolute Gasteiger partial charge is 0.309 e. The first kappa shape index (κ1) is 13.2. The van der Waals surface area contributed by atoms with Gasteiger partial charge in [-0.2, -0.15) is 5.10 Å². The van der Waals surface area contributed by atoms with Crippen LogP contribution in [0, 0.1) is 16.7 Å². The number of aromatic nitrogens is 2. The van der Waals surface area contributed by atoms with Gasteiger partial charge in [0.2, 0.25) is 0 Å².